The maximum Gasteiger partial charge on any atom is 0.336 e. The van der Waals surface area contributed by atoms with Crippen LogP contribution in [0.25, 0.3) is 11.0 Å². The highest BCUT2D eigenvalue weighted by Gasteiger charge is 2.27. The molecule has 1 aromatic carbocycles. The first-order valence-corrected chi connectivity index (χ1v) is 10.9. The van der Waals surface area contributed by atoms with Crippen LogP contribution in [0.4, 0.5) is 0 Å². The van der Waals surface area contributed by atoms with E-state index in [9.17, 15) is 9.59 Å². The Labute approximate surface area is 165 Å². The van der Waals surface area contributed by atoms with Gasteiger partial charge in [-0.2, -0.15) is 0 Å². The van der Waals surface area contributed by atoms with E-state index in [0.29, 0.717) is 28.9 Å². The highest BCUT2D eigenvalue weighted by Crippen LogP contribution is 2.29. The van der Waals surface area contributed by atoms with Gasteiger partial charge < -0.3 is 9.73 Å². The van der Waals surface area contributed by atoms with Crippen molar-refractivity contribution < 1.29 is 9.21 Å². The molecule has 5 heteroatoms. The van der Waals surface area contributed by atoms with Gasteiger partial charge in [-0.1, -0.05) is 26.7 Å². The average Bonchev–Trinajstić information content (AvgIpc) is 2.60. The van der Waals surface area contributed by atoms with Gasteiger partial charge in [-0.3, -0.25) is 4.79 Å². The molecule has 3 atom stereocenters. The third-order valence-electron chi connectivity index (χ3n) is 5.99. The number of amides is 1. The predicted molar refractivity (Wildman–Crippen MR) is 112 cm³/mol. The first kappa shape index (κ1) is 20.0. The van der Waals surface area contributed by atoms with Crippen molar-refractivity contribution in [2.24, 2.45) is 11.8 Å². The second-order valence-corrected chi connectivity index (χ2v) is 8.94. The molecule has 1 heterocycles. The number of hydrogen-bond donors (Lipinski definition) is 1. The lowest BCUT2D eigenvalue weighted by Gasteiger charge is -2.34. The number of carbonyl (C=O) groups excluding carboxylic acids is 1. The third kappa shape index (κ3) is 4.75. The number of thioether (sulfide) groups is 1. The van der Waals surface area contributed by atoms with Crippen LogP contribution >= 0.6 is 11.8 Å². The molecule has 3 rings (SSSR count). The molecule has 1 amide bonds. The monoisotopic (exact) mass is 387 g/mol. The van der Waals surface area contributed by atoms with Crippen LogP contribution in [0.2, 0.25) is 0 Å². The molecule has 1 saturated carbocycles. The van der Waals surface area contributed by atoms with Crippen LogP contribution in [0.1, 0.15) is 49.8 Å². The molecule has 0 saturated heterocycles. The zero-order valence-corrected chi connectivity index (χ0v) is 17.4. The highest BCUT2D eigenvalue weighted by atomic mass is 32.2. The van der Waals surface area contributed by atoms with Crippen molar-refractivity contribution in [2.75, 3.05) is 5.75 Å². The normalized spacial score (nSPS) is 22.7. The molecule has 0 aliphatic heterocycles. The molecular weight excluding hydrogens is 358 g/mol. The van der Waals surface area contributed by atoms with E-state index in [4.69, 9.17) is 4.42 Å². The maximum atomic E-state index is 12.4. The standard InChI is InChI=1S/C22H29NO3S/c1-13-6-5-7-19(16(13)4)23-21(24)12-27-11-17-10-22(25)26-20-9-15(3)14(2)8-18(17)20/h8-10,13,16,19H,5-7,11-12H2,1-4H3,(H,23,24)/t13-,16-,19-/m0/s1. The molecule has 1 aliphatic rings. The van der Waals surface area contributed by atoms with E-state index >= 15 is 0 Å². The lowest BCUT2D eigenvalue weighted by molar-refractivity contribution is -0.119. The molecule has 0 bridgehead atoms. The molecule has 1 aromatic heterocycles. The van der Waals surface area contributed by atoms with Crippen LogP contribution in [-0.2, 0) is 10.5 Å². The number of rotatable bonds is 5. The van der Waals surface area contributed by atoms with Crippen LogP contribution in [0.5, 0.6) is 0 Å². The Morgan fingerprint density at radius 2 is 1.93 bits per heavy atom. The Hall–Kier alpha value is -1.75. The summed E-state index contributed by atoms with van der Waals surface area (Å²) >= 11 is 1.55. The summed E-state index contributed by atoms with van der Waals surface area (Å²) in [4.78, 5) is 24.2. The van der Waals surface area contributed by atoms with E-state index in [0.717, 1.165) is 22.9 Å². The SMILES string of the molecule is Cc1cc2oc(=O)cc(CSCC(=O)N[C@H]3CCC[C@H](C)[C@@H]3C)c2cc1C. The summed E-state index contributed by atoms with van der Waals surface area (Å²) < 4.78 is 5.34. The minimum atomic E-state index is -0.337. The van der Waals surface area contributed by atoms with E-state index in [1.807, 2.05) is 13.0 Å². The fourth-order valence-corrected chi connectivity index (χ4v) is 4.72. The fraction of sp³-hybridized carbons (Fsp3) is 0.545. The zero-order chi connectivity index (χ0) is 19.6. The van der Waals surface area contributed by atoms with Gasteiger partial charge in [0.2, 0.25) is 5.91 Å². The zero-order valence-electron chi connectivity index (χ0n) is 16.6. The summed E-state index contributed by atoms with van der Waals surface area (Å²) in [5.74, 6) is 2.31. The van der Waals surface area contributed by atoms with Crippen LogP contribution in [0.3, 0.4) is 0 Å². The molecular formula is C22H29NO3S. The summed E-state index contributed by atoms with van der Waals surface area (Å²) in [5, 5.41) is 4.17. The van der Waals surface area contributed by atoms with Gasteiger partial charge in [0.15, 0.2) is 0 Å². The Kier molecular flexibility index (Phi) is 6.30. The van der Waals surface area contributed by atoms with Crippen LogP contribution < -0.4 is 10.9 Å². The molecule has 27 heavy (non-hydrogen) atoms. The maximum absolute atomic E-state index is 12.4. The minimum Gasteiger partial charge on any atom is -0.423 e. The van der Waals surface area contributed by atoms with Gasteiger partial charge in [-0.15, -0.1) is 11.8 Å². The second kappa shape index (κ2) is 8.51. The van der Waals surface area contributed by atoms with Crippen molar-refractivity contribution in [1.82, 2.24) is 5.32 Å². The molecule has 1 fully saturated rings. The molecule has 0 unspecified atom stereocenters. The quantitative estimate of drug-likeness (QED) is 0.763. The van der Waals surface area contributed by atoms with Crippen molar-refractivity contribution in [3.8, 4) is 0 Å². The average molecular weight is 388 g/mol. The molecule has 2 aromatic rings. The third-order valence-corrected chi connectivity index (χ3v) is 6.97. The highest BCUT2D eigenvalue weighted by molar-refractivity contribution is 7.99. The van der Waals surface area contributed by atoms with Crippen molar-refractivity contribution in [1.29, 1.82) is 0 Å². The number of fused-ring (bicyclic) bond motifs is 1. The van der Waals surface area contributed by atoms with E-state index in [1.54, 1.807) is 17.8 Å². The molecule has 0 spiro atoms. The van der Waals surface area contributed by atoms with Gasteiger partial charge in [0, 0.05) is 23.2 Å². The van der Waals surface area contributed by atoms with E-state index in [1.165, 1.54) is 18.4 Å². The molecule has 1 N–H and O–H groups in total. The number of benzene rings is 1. The number of carbonyl (C=O) groups is 1. The predicted octanol–water partition coefficient (Wildman–Crippen LogP) is 4.58. The van der Waals surface area contributed by atoms with Gasteiger partial charge >= 0.3 is 5.63 Å². The smallest absolute Gasteiger partial charge is 0.336 e. The topological polar surface area (TPSA) is 59.3 Å². The number of aryl methyl sites for hydroxylation is 2. The van der Waals surface area contributed by atoms with Crippen LogP contribution in [-0.4, -0.2) is 17.7 Å². The summed E-state index contributed by atoms with van der Waals surface area (Å²) in [6.45, 7) is 8.57. The summed E-state index contributed by atoms with van der Waals surface area (Å²) in [6.07, 6.45) is 3.52. The minimum absolute atomic E-state index is 0.0882. The van der Waals surface area contributed by atoms with E-state index in [-0.39, 0.29) is 17.6 Å². The first-order valence-electron chi connectivity index (χ1n) is 9.76. The molecule has 1 aliphatic carbocycles. The van der Waals surface area contributed by atoms with E-state index < -0.39 is 0 Å². The lowest BCUT2D eigenvalue weighted by Crippen LogP contribution is -2.44. The summed E-state index contributed by atoms with van der Waals surface area (Å²) in [7, 11) is 0. The number of hydrogen-bond acceptors (Lipinski definition) is 4. The second-order valence-electron chi connectivity index (χ2n) is 7.96. The van der Waals surface area contributed by atoms with E-state index in [2.05, 4.69) is 32.2 Å². The summed E-state index contributed by atoms with van der Waals surface area (Å²) in [6, 6.07) is 5.82. The van der Waals surface area contributed by atoms with Crippen LogP contribution in [0, 0.1) is 25.7 Å². The largest absolute Gasteiger partial charge is 0.423 e. The Morgan fingerprint density at radius 3 is 2.70 bits per heavy atom. The van der Waals surface area contributed by atoms with Gasteiger partial charge in [-0.25, -0.2) is 4.79 Å². The Bertz CT molecular complexity index is 889. The summed E-state index contributed by atoms with van der Waals surface area (Å²) in [5.41, 5.74) is 3.49. The van der Waals surface area contributed by atoms with Crippen molar-refractivity contribution in [2.45, 2.75) is 58.8 Å². The van der Waals surface area contributed by atoms with Crippen molar-refractivity contribution in [3.05, 3.63) is 45.3 Å². The number of nitrogens with one attached hydrogen (secondary N) is 1. The molecule has 0 radical (unpaired) electrons. The Morgan fingerprint density at radius 1 is 1.19 bits per heavy atom. The molecule has 4 nitrogen and oxygen atoms in total. The molecule has 146 valence electrons. The first-order chi connectivity index (χ1) is 12.8. The van der Waals surface area contributed by atoms with Gasteiger partial charge in [0.05, 0.1) is 5.75 Å². The van der Waals surface area contributed by atoms with Crippen molar-refractivity contribution >= 4 is 28.6 Å². The van der Waals surface area contributed by atoms with Gasteiger partial charge in [-0.05, 0) is 60.9 Å². The lowest BCUT2D eigenvalue weighted by atomic mass is 9.78. The van der Waals surface area contributed by atoms with Crippen molar-refractivity contribution in [3.63, 3.8) is 0 Å². The van der Waals surface area contributed by atoms with Crippen LogP contribution in [0.15, 0.2) is 27.4 Å². The fourth-order valence-electron chi connectivity index (χ4n) is 3.89. The van der Waals surface area contributed by atoms with Gasteiger partial charge in [0.1, 0.15) is 5.58 Å². The Balaban J connectivity index is 1.62. The van der Waals surface area contributed by atoms with Gasteiger partial charge in [0.25, 0.3) is 0 Å².